The largest absolute Gasteiger partial charge is 0.464 e. The van der Waals surface area contributed by atoms with Crippen molar-refractivity contribution in [1.82, 2.24) is 0 Å². The van der Waals surface area contributed by atoms with Crippen LogP contribution in [-0.4, -0.2) is 37.7 Å². The maximum Gasteiger partial charge on any atom is 0.330 e. The van der Waals surface area contributed by atoms with Crippen LogP contribution < -0.4 is 0 Å². The van der Waals surface area contributed by atoms with Crippen LogP contribution in [0.2, 0.25) is 0 Å². The van der Waals surface area contributed by atoms with Crippen molar-refractivity contribution in [3.63, 3.8) is 0 Å². The number of carbonyl (C=O) groups excluding carboxylic acids is 3. The van der Waals surface area contributed by atoms with Crippen molar-refractivity contribution in [2.45, 2.75) is 65.7 Å². The minimum Gasteiger partial charge on any atom is -0.464 e. The zero-order valence-electron chi connectivity index (χ0n) is 19.2. The molecule has 4 saturated carbocycles. The van der Waals surface area contributed by atoms with Gasteiger partial charge in [-0.25, -0.2) is 9.59 Å². The maximum atomic E-state index is 13.5. The molecule has 6 nitrogen and oxygen atoms in total. The lowest BCUT2D eigenvalue weighted by Gasteiger charge is -2.64. The molecule has 4 fully saturated rings. The lowest BCUT2D eigenvalue weighted by molar-refractivity contribution is -0.196. The number of hydrogen-bond donors (Lipinski definition) is 0. The van der Waals surface area contributed by atoms with Gasteiger partial charge in [0.1, 0.15) is 19.8 Å². The zero-order valence-corrected chi connectivity index (χ0v) is 19.2. The van der Waals surface area contributed by atoms with E-state index in [-0.39, 0.29) is 36.6 Å². The number of rotatable bonds is 10. The molecule has 2 atom stereocenters. The summed E-state index contributed by atoms with van der Waals surface area (Å²) in [4.78, 5) is 36.7. The number of esters is 3. The predicted molar refractivity (Wildman–Crippen MR) is 116 cm³/mol. The Morgan fingerprint density at radius 1 is 0.871 bits per heavy atom. The molecule has 0 spiro atoms. The van der Waals surface area contributed by atoms with Crippen LogP contribution in [0.5, 0.6) is 0 Å². The first-order valence-corrected chi connectivity index (χ1v) is 11.3. The summed E-state index contributed by atoms with van der Waals surface area (Å²) in [7, 11) is 0. The van der Waals surface area contributed by atoms with Gasteiger partial charge in [-0.15, -0.1) is 0 Å². The van der Waals surface area contributed by atoms with Crippen LogP contribution in [0, 0.1) is 27.6 Å². The summed E-state index contributed by atoms with van der Waals surface area (Å²) in [6, 6.07) is 0. The Kier molecular flexibility index (Phi) is 6.41. The smallest absolute Gasteiger partial charge is 0.330 e. The van der Waals surface area contributed by atoms with Gasteiger partial charge in [-0.3, -0.25) is 4.79 Å². The Balaban J connectivity index is 1.73. The van der Waals surface area contributed by atoms with Crippen LogP contribution in [0.3, 0.4) is 0 Å². The van der Waals surface area contributed by atoms with Crippen molar-refractivity contribution in [2.75, 3.05) is 19.8 Å². The Bertz CT molecular complexity index is 726. The molecule has 0 N–H and O–H groups in total. The van der Waals surface area contributed by atoms with E-state index in [1.807, 2.05) is 6.92 Å². The van der Waals surface area contributed by atoms with Gasteiger partial charge in [0.15, 0.2) is 0 Å². The Hall–Kier alpha value is -2.11. The highest BCUT2D eigenvalue weighted by molar-refractivity contribution is 5.81. The van der Waals surface area contributed by atoms with E-state index in [4.69, 9.17) is 14.2 Å². The first-order valence-electron chi connectivity index (χ1n) is 11.3. The molecule has 4 rings (SSSR count). The third-order valence-corrected chi connectivity index (χ3v) is 7.69. The predicted octanol–water partition coefficient (Wildman–Crippen LogP) is 4.38. The van der Waals surface area contributed by atoms with E-state index in [1.54, 1.807) is 0 Å². The monoisotopic (exact) mass is 432 g/mol. The molecule has 0 amide bonds. The van der Waals surface area contributed by atoms with Crippen molar-refractivity contribution < 1.29 is 28.6 Å². The Morgan fingerprint density at radius 3 is 1.77 bits per heavy atom. The van der Waals surface area contributed by atoms with Crippen molar-refractivity contribution >= 4 is 17.9 Å². The topological polar surface area (TPSA) is 78.9 Å². The van der Waals surface area contributed by atoms with E-state index in [2.05, 4.69) is 27.0 Å². The van der Waals surface area contributed by atoms with Crippen LogP contribution >= 0.6 is 0 Å². The third-order valence-electron chi connectivity index (χ3n) is 7.69. The molecule has 0 heterocycles. The minimum absolute atomic E-state index is 0.0248. The summed E-state index contributed by atoms with van der Waals surface area (Å²) in [5.74, 6) is -0.712. The normalized spacial score (nSPS) is 33.5. The van der Waals surface area contributed by atoms with E-state index in [0.29, 0.717) is 12.3 Å². The molecular formula is C25H36O6. The molecule has 0 saturated heterocycles. The van der Waals surface area contributed by atoms with Crippen LogP contribution in [-0.2, 0) is 28.6 Å². The summed E-state index contributed by atoms with van der Waals surface area (Å²) in [6.45, 7) is 13.3. The molecule has 4 aliphatic rings. The van der Waals surface area contributed by atoms with Gasteiger partial charge in [-0.1, -0.05) is 33.9 Å². The van der Waals surface area contributed by atoms with Gasteiger partial charge in [-0.05, 0) is 61.7 Å². The maximum absolute atomic E-state index is 13.5. The van der Waals surface area contributed by atoms with Gasteiger partial charge in [-0.2, -0.15) is 0 Å². The van der Waals surface area contributed by atoms with Crippen molar-refractivity contribution in [1.29, 1.82) is 0 Å². The summed E-state index contributed by atoms with van der Waals surface area (Å²) < 4.78 is 16.5. The summed E-state index contributed by atoms with van der Waals surface area (Å²) in [6.07, 6.45) is 8.89. The molecule has 172 valence electrons. The first kappa shape index (κ1) is 23.6. The summed E-state index contributed by atoms with van der Waals surface area (Å²) in [5, 5.41) is 0. The van der Waals surface area contributed by atoms with Gasteiger partial charge < -0.3 is 14.2 Å². The average Bonchev–Trinajstić information content (AvgIpc) is 2.70. The van der Waals surface area contributed by atoms with Crippen molar-refractivity contribution in [3.05, 3.63) is 25.3 Å². The second kappa shape index (κ2) is 8.44. The highest BCUT2D eigenvalue weighted by Gasteiger charge is 2.63. The Labute approximate surface area is 185 Å². The molecular weight excluding hydrogens is 396 g/mol. The van der Waals surface area contributed by atoms with Gasteiger partial charge in [0.05, 0.1) is 10.8 Å². The van der Waals surface area contributed by atoms with Gasteiger partial charge >= 0.3 is 17.9 Å². The molecule has 4 bridgehead atoms. The van der Waals surface area contributed by atoms with Gasteiger partial charge in [0, 0.05) is 12.2 Å². The average molecular weight is 433 g/mol. The molecule has 4 aliphatic carbocycles. The standard InChI is InChI=1S/C25H36O6/c1-6-19(26)29-15-24(8-3,16-30-20(27)7-2)17-31-21(28)25-11-18-9-22(4,13-25)12-23(5,10-18)14-25/h6-7,18H,1-2,8-17H2,3-5H3. The molecule has 0 aromatic rings. The highest BCUT2D eigenvalue weighted by Crippen LogP contribution is 2.69. The first-order chi connectivity index (χ1) is 14.5. The zero-order chi connectivity index (χ0) is 22.9. The van der Waals surface area contributed by atoms with Gasteiger partial charge in [0.2, 0.25) is 0 Å². The second-order valence-electron chi connectivity index (χ2n) is 11.0. The summed E-state index contributed by atoms with van der Waals surface area (Å²) >= 11 is 0. The summed E-state index contributed by atoms with van der Waals surface area (Å²) in [5.41, 5.74) is -0.844. The van der Waals surface area contributed by atoms with Crippen LogP contribution in [0.1, 0.15) is 65.7 Å². The molecule has 0 radical (unpaired) electrons. The lowest BCUT2D eigenvalue weighted by Crippen LogP contribution is -2.58. The molecule has 2 unspecified atom stereocenters. The van der Waals surface area contributed by atoms with E-state index >= 15 is 0 Å². The number of carbonyl (C=O) groups is 3. The highest BCUT2D eigenvalue weighted by atomic mass is 16.6. The number of hydrogen-bond acceptors (Lipinski definition) is 6. The van der Waals surface area contributed by atoms with E-state index in [1.165, 1.54) is 19.3 Å². The molecule has 0 aromatic carbocycles. The van der Waals surface area contributed by atoms with Crippen molar-refractivity contribution in [3.8, 4) is 0 Å². The van der Waals surface area contributed by atoms with Crippen molar-refractivity contribution in [2.24, 2.45) is 27.6 Å². The third kappa shape index (κ3) is 4.88. The fraction of sp³-hybridized carbons (Fsp3) is 0.720. The molecule has 31 heavy (non-hydrogen) atoms. The SMILES string of the molecule is C=CC(=O)OCC(CC)(COC(=O)C=C)COC(=O)C12CC3CC(C)(CC(C)(C3)C1)C2. The van der Waals surface area contributed by atoms with Crippen LogP contribution in [0.15, 0.2) is 25.3 Å². The molecule has 6 heteroatoms. The Morgan fingerprint density at radius 2 is 1.35 bits per heavy atom. The minimum atomic E-state index is -0.816. The van der Waals surface area contributed by atoms with Crippen LogP contribution in [0.25, 0.3) is 0 Å². The fourth-order valence-corrected chi connectivity index (χ4v) is 7.04. The number of ether oxygens (including phenoxy) is 3. The van der Waals surface area contributed by atoms with E-state index in [0.717, 1.165) is 31.4 Å². The molecule has 0 aliphatic heterocycles. The van der Waals surface area contributed by atoms with Gasteiger partial charge in [0.25, 0.3) is 0 Å². The fourth-order valence-electron chi connectivity index (χ4n) is 7.04. The second-order valence-corrected chi connectivity index (χ2v) is 11.0. The molecule has 0 aromatic heterocycles. The van der Waals surface area contributed by atoms with Crippen LogP contribution in [0.4, 0.5) is 0 Å². The quantitative estimate of drug-likeness (QED) is 0.290. The van der Waals surface area contributed by atoms with E-state index in [9.17, 15) is 14.4 Å². The lowest BCUT2D eigenvalue weighted by atomic mass is 9.40. The van der Waals surface area contributed by atoms with E-state index < -0.39 is 22.8 Å².